The molecule has 1 N–H and O–H groups in total. The third-order valence-corrected chi connectivity index (χ3v) is 5.33. The van der Waals surface area contributed by atoms with Crippen LogP contribution in [0.1, 0.15) is 31.8 Å². The first-order valence-corrected chi connectivity index (χ1v) is 9.97. The Hall–Kier alpha value is -4.33. The summed E-state index contributed by atoms with van der Waals surface area (Å²) < 4.78 is 0. The van der Waals surface area contributed by atoms with Crippen molar-refractivity contribution in [2.24, 2.45) is 0 Å². The SMILES string of the molecule is O=C(NCc1ccccc1)[C@H](Cc1ccc([N+](=O)[O-])cc1)N1C(=O)c2ccccc2C1=O. The molecule has 8 heteroatoms. The summed E-state index contributed by atoms with van der Waals surface area (Å²) in [6.07, 6.45) is 0.0318. The average molecular weight is 429 g/mol. The van der Waals surface area contributed by atoms with Crippen LogP contribution in [-0.4, -0.2) is 33.6 Å². The lowest BCUT2D eigenvalue weighted by atomic mass is 10.0. The first-order valence-electron chi connectivity index (χ1n) is 9.97. The van der Waals surface area contributed by atoms with Gasteiger partial charge in [0.15, 0.2) is 0 Å². The normalized spacial score (nSPS) is 13.6. The molecule has 3 aromatic carbocycles. The maximum Gasteiger partial charge on any atom is 0.269 e. The average Bonchev–Trinajstić information content (AvgIpc) is 3.07. The zero-order chi connectivity index (χ0) is 22.7. The van der Waals surface area contributed by atoms with Crippen molar-refractivity contribution in [3.8, 4) is 0 Å². The molecular formula is C24H19N3O5. The summed E-state index contributed by atoms with van der Waals surface area (Å²) in [5.41, 5.74) is 1.88. The quantitative estimate of drug-likeness (QED) is 0.353. The Morgan fingerprint density at radius 2 is 1.41 bits per heavy atom. The number of nitrogens with zero attached hydrogens (tertiary/aromatic N) is 2. The van der Waals surface area contributed by atoms with E-state index in [0.717, 1.165) is 10.5 Å². The summed E-state index contributed by atoms with van der Waals surface area (Å²) >= 11 is 0. The van der Waals surface area contributed by atoms with Crippen molar-refractivity contribution < 1.29 is 19.3 Å². The highest BCUT2D eigenvalue weighted by molar-refractivity contribution is 6.22. The van der Waals surface area contributed by atoms with Crippen molar-refractivity contribution in [2.45, 2.75) is 19.0 Å². The van der Waals surface area contributed by atoms with Crippen molar-refractivity contribution in [3.05, 3.63) is 111 Å². The standard InChI is InChI=1S/C24H19N3O5/c28-22(25-15-17-6-2-1-3-7-17)21(14-16-10-12-18(13-11-16)27(31)32)26-23(29)19-8-4-5-9-20(19)24(26)30/h1-13,21H,14-15H2,(H,25,28)/t21-/m0/s1. The van der Waals surface area contributed by atoms with Gasteiger partial charge < -0.3 is 5.32 Å². The van der Waals surface area contributed by atoms with Gasteiger partial charge in [-0.2, -0.15) is 0 Å². The van der Waals surface area contributed by atoms with Gasteiger partial charge in [0.2, 0.25) is 5.91 Å². The fourth-order valence-electron chi connectivity index (χ4n) is 3.67. The molecule has 0 fully saturated rings. The van der Waals surface area contributed by atoms with E-state index in [1.165, 1.54) is 24.3 Å². The Balaban J connectivity index is 1.62. The molecule has 0 spiro atoms. The second-order valence-corrected chi connectivity index (χ2v) is 7.37. The molecule has 0 radical (unpaired) electrons. The largest absolute Gasteiger partial charge is 0.350 e. The molecule has 0 saturated carbocycles. The van der Waals surface area contributed by atoms with Gasteiger partial charge in [-0.25, -0.2) is 0 Å². The van der Waals surface area contributed by atoms with E-state index in [-0.39, 0.29) is 29.8 Å². The smallest absolute Gasteiger partial charge is 0.269 e. The zero-order valence-electron chi connectivity index (χ0n) is 16.9. The highest BCUT2D eigenvalue weighted by Crippen LogP contribution is 2.26. The summed E-state index contributed by atoms with van der Waals surface area (Å²) in [7, 11) is 0. The van der Waals surface area contributed by atoms with E-state index in [2.05, 4.69) is 5.32 Å². The molecule has 1 atom stereocenters. The number of amides is 3. The molecule has 0 bridgehead atoms. The highest BCUT2D eigenvalue weighted by Gasteiger charge is 2.42. The minimum atomic E-state index is -1.10. The topological polar surface area (TPSA) is 110 Å². The fraction of sp³-hybridized carbons (Fsp3) is 0.125. The number of nitrogens with one attached hydrogen (secondary N) is 1. The van der Waals surface area contributed by atoms with Crippen LogP contribution in [0.2, 0.25) is 0 Å². The summed E-state index contributed by atoms with van der Waals surface area (Å²) in [5.74, 6) is -1.55. The third-order valence-electron chi connectivity index (χ3n) is 5.33. The van der Waals surface area contributed by atoms with Gasteiger partial charge in [-0.1, -0.05) is 54.6 Å². The van der Waals surface area contributed by atoms with Gasteiger partial charge in [-0.3, -0.25) is 29.4 Å². The minimum Gasteiger partial charge on any atom is -0.350 e. The van der Waals surface area contributed by atoms with Gasteiger partial charge in [0.1, 0.15) is 6.04 Å². The van der Waals surface area contributed by atoms with Crippen LogP contribution >= 0.6 is 0 Å². The van der Waals surface area contributed by atoms with Crippen molar-refractivity contribution >= 4 is 23.4 Å². The number of carbonyl (C=O) groups is 3. The number of hydrogen-bond donors (Lipinski definition) is 1. The van der Waals surface area contributed by atoms with E-state index in [0.29, 0.717) is 5.56 Å². The fourth-order valence-corrected chi connectivity index (χ4v) is 3.67. The van der Waals surface area contributed by atoms with E-state index in [9.17, 15) is 24.5 Å². The zero-order valence-corrected chi connectivity index (χ0v) is 16.9. The van der Waals surface area contributed by atoms with Gasteiger partial charge in [-0.05, 0) is 23.3 Å². The molecule has 1 aliphatic heterocycles. The second-order valence-electron chi connectivity index (χ2n) is 7.37. The number of hydrogen-bond acceptors (Lipinski definition) is 5. The first-order chi connectivity index (χ1) is 15.5. The van der Waals surface area contributed by atoms with Crippen molar-refractivity contribution in [1.29, 1.82) is 0 Å². The van der Waals surface area contributed by atoms with E-state index >= 15 is 0 Å². The molecule has 8 nitrogen and oxygen atoms in total. The molecule has 0 unspecified atom stereocenters. The molecule has 32 heavy (non-hydrogen) atoms. The van der Waals surface area contributed by atoms with Crippen LogP contribution in [0.3, 0.4) is 0 Å². The number of nitro groups is 1. The lowest BCUT2D eigenvalue weighted by molar-refractivity contribution is -0.384. The van der Waals surface area contributed by atoms with Gasteiger partial charge in [0.25, 0.3) is 17.5 Å². The predicted octanol–water partition coefficient (Wildman–Crippen LogP) is 3.12. The van der Waals surface area contributed by atoms with Gasteiger partial charge in [-0.15, -0.1) is 0 Å². The van der Waals surface area contributed by atoms with E-state index in [1.54, 1.807) is 24.3 Å². The number of benzene rings is 3. The van der Waals surface area contributed by atoms with Crippen LogP contribution < -0.4 is 5.32 Å². The van der Waals surface area contributed by atoms with Crippen LogP contribution in [-0.2, 0) is 17.8 Å². The van der Waals surface area contributed by atoms with Crippen LogP contribution in [0.4, 0.5) is 5.69 Å². The first kappa shape index (κ1) is 20.9. The summed E-state index contributed by atoms with van der Waals surface area (Å²) in [5, 5.41) is 13.7. The number of nitro benzene ring substituents is 1. The van der Waals surface area contributed by atoms with Crippen molar-refractivity contribution in [3.63, 3.8) is 0 Å². The Bertz CT molecular complexity index is 1160. The lowest BCUT2D eigenvalue weighted by Gasteiger charge is -2.25. The molecule has 160 valence electrons. The van der Waals surface area contributed by atoms with E-state index < -0.39 is 28.7 Å². The molecule has 0 saturated heterocycles. The molecule has 0 aromatic heterocycles. The summed E-state index contributed by atoms with van der Waals surface area (Å²) in [4.78, 5) is 50.5. The van der Waals surface area contributed by atoms with Crippen molar-refractivity contribution in [1.82, 2.24) is 10.2 Å². The highest BCUT2D eigenvalue weighted by atomic mass is 16.6. The van der Waals surface area contributed by atoms with Crippen LogP contribution in [0.15, 0.2) is 78.9 Å². The molecule has 3 aromatic rings. The Labute approximate surface area is 183 Å². The predicted molar refractivity (Wildman–Crippen MR) is 116 cm³/mol. The molecule has 1 aliphatic rings. The lowest BCUT2D eigenvalue weighted by Crippen LogP contribution is -2.50. The summed E-state index contributed by atoms with van der Waals surface area (Å²) in [6, 6.07) is 20.3. The van der Waals surface area contributed by atoms with Crippen LogP contribution in [0.25, 0.3) is 0 Å². The van der Waals surface area contributed by atoms with Gasteiger partial charge in [0.05, 0.1) is 16.1 Å². The number of fused-ring (bicyclic) bond motifs is 1. The number of non-ortho nitro benzene ring substituents is 1. The second kappa shape index (κ2) is 8.81. The molecular weight excluding hydrogens is 410 g/mol. The Morgan fingerprint density at radius 3 is 1.97 bits per heavy atom. The molecule has 3 amide bonds. The van der Waals surface area contributed by atoms with Crippen molar-refractivity contribution in [2.75, 3.05) is 0 Å². The third kappa shape index (κ3) is 4.11. The number of imide groups is 1. The maximum atomic E-state index is 13.2. The Kier molecular flexibility index (Phi) is 5.76. The van der Waals surface area contributed by atoms with E-state index in [4.69, 9.17) is 0 Å². The van der Waals surface area contributed by atoms with Crippen LogP contribution in [0, 0.1) is 10.1 Å². The van der Waals surface area contributed by atoms with Gasteiger partial charge >= 0.3 is 0 Å². The summed E-state index contributed by atoms with van der Waals surface area (Å²) in [6.45, 7) is 0.236. The number of rotatable bonds is 7. The monoisotopic (exact) mass is 429 g/mol. The molecule has 1 heterocycles. The number of carbonyl (C=O) groups excluding carboxylic acids is 3. The molecule has 0 aliphatic carbocycles. The van der Waals surface area contributed by atoms with Gasteiger partial charge in [0, 0.05) is 25.1 Å². The Morgan fingerprint density at radius 1 is 0.844 bits per heavy atom. The minimum absolute atomic E-state index is 0.0318. The van der Waals surface area contributed by atoms with Crippen LogP contribution in [0.5, 0.6) is 0 Å². The molecule has 4 rings (SSSR count). The maximum absolute atomic E-state index is 13.2. The van der Waals surface area contributed by atoms with E-state index in [1.807, 2.05) is 30.3 Å².